The summed E-state index contributed by atoms with van der Waals surface area (Å²) < 4.78 is 18.6. The molecule has 0 N–H and O–H groups in total. The van der Waals surface area contributed by atoms with E-state index in [4.69, 9.17) is 27.9 Å². The Kier molecular flexibility index (Phi) is 4.28. The van der Waals surface area contributed by atoms with E-state index in [0.717, 1.165) is 0 Å². The Morgan fingerprint density at radius 1 is 1.15 bits per heavy atom. The van der Waals surface area contributed by atoms with Crippen LogP contribution in [0.3, 0.4) is 0 Å². The molecule has 0 bridgehead atoms. The van der Waals surface area contributed by atoms with Crippen LogP contribution in [0, 0.1) is 5.82 Å². The molecule has 0 fully saturated rings. The van der Waals surface area contributed by atoms with Gasteiger partial charge in [0.25, 0.3) is 0 Å². The Bertz CT molecular complexity index is 624. The molecule has 0 spiro atoms. The van der Waals surface area contributed by atoms with E-state index in [0.29, 0.717) is 17.0 Å². The van der Waals surface area contributed by atoms with Gasteiger partial charge in [0, 0.05) is 7.11 Å². The van der Waals surface area contributed by atoms with Crippen LogP contribution in [0.2, 0.25) is 10.3 Å². The fraction of sp³-hybridized carbons (Fsp3) is 0.286. The summed E-state index contributed by atoms with van der Waals surface area (Å²) in [6, 6.07) is 5.94. The maximum Gasteiger partial charge on any atom is 0.163 e. The van der Waals surface area contributed by atoms with Gasteiger partial charge < -0.3 is 4.74 Å². The van der Waals surface area contributed by atoms with Gasteiger partial charge in [-0.3, -0.25) is 0 Å². The van der Waals surface area contributed by atoms with Crippen LogP contribution in [-0.2, 0) is 10.3 Å². The molecule has 106 valence electrons. The summed E-state index contributed by atoms with van der Waals surface area (Å²) in [6.07, 6.45) is 0. The minimum Gasteiger partial charge on any atom is -0.371 e. The molecule has 0 aliphatic carbocycles. The monoisotopic (exact) mass is 314 g/mol. The summed E-state index contributed by atoms with van der Waals surface area (Å²) >= 11 is 12.3. The van der Waals surface area contributed by atoms with E-state index in [2.05, 4.69) is 9.97 Å². The fourth-order valence-electron chi connectivity index (χ4n) is 1.65. The summed E-state index contributed by atoms with van der Waals surface area (Å²) in [6.45, 7) is 3.60. The van der Waals surface area contributed by atoms with Crippen molar-refractivity contribution >= 4 is 23.2 Å². The smallest absolute Gasteiger partial charge is 0.163 e. The van der Waals surface area contributed by atoms with Gasteiger partial charge >= 0.3 is 0 Å². The number of aromatic nitrogens is 2. The molecule has 0 atom stereocenters. The Hall–Kier alpha value is -1.23. The molecular weight excluding hydrogens is 302 g/mol. The quantitative estimate of drug-likeness (QED) is 0.784. The normalized spacial score (nSPS) is 11.7. The molecule has 20 heavy (non-hydrogen) atoms. The predicted octanol–water partition coefficient (Wildman–Crippen LogP) is 4.47. The third-order valence-electron chi connectivity index (χ3n) is 2.98. The highest BCUT2D eigenvalue weighted by atomic mass is 35.5. The second kappa shape index (κ2) is 5.64. The molecule has 0 aliphatic rings. The molecule has 0 radical (unpaired) electrons. The largest absolute Gasteiger partial charge is 0.371 e. The van der Waals surface area contributed by atoms with Crippen LogP contribution in [0.5, 0.6) is 0 Å². The first-order valence-electron chi connectivity index (χ1n) is 5.90. The average molecular weight is 315 g/mol. The van der Waals surface area contributed by atoms with Gasteiger partial charge in [0.15, 0.2) is 5.82 Å². The zero-order valence-electron chi connectivity index (χ0n) is 11.2. The van der Waals surface area contributed by atoms with Gasteiger partial charge in [-0.15, -0.1) is 0 Å². The van der Waals surface area contributed by atoms with Crippen LogP contribution in [-0.4, -0.2) is 17.1 Å². The van der Waals surface area contributed by atoms with Gasteiger partial charge in [0.05, 0.1) is 5.56 Å². The van der Waals surface area contributed by atoms with Gasteiger partial charge in [-0.05, 0) is 31.5 Å². The zero-order chi connectivity index (χ0) is 14.9. The first-order valence-corrected chi connectivity index (χ1v) is 6.65. The third kappa shape index (κ3) is 2.92. The lowest BCUT2D eigenvalue weighted by Crippen LogP contribution is -2.23. The second-order valence-corrected chi connectivity index (χ2v) is 5.44. The molecule has 3 nitrogen and oxygen atoms in total. The highest BCUT2D eigenvalue weighted by molar-refractivity contribution is 6.37. The minimum absolute atomic E-state index is 0.163. The van der Waals surface area contributed by atoms with Crippen LogP contribution < -0.4 is 0 Å². The molecule has 2 rings (SSSR count). The van der Waals surface area contributed by atoms with Crippen molar-refractivity contribution in [2.75, 3.05) is 7.11 Å². The zero-order valence-corrected chi connectivity index (χ0v) is 12.8. The van der Waals surface area contributed by atoms with Crippen molar-refractivity contribution < 1.29 is 9.13 Å². The lowest BCUT2D eigenvalue weighted by molar-refractivity contribution is 0.0115. The molecule has 1 heterocycles. The Labute approximate surface area is 126 Å². The molecule has 0 aliphatic heterocycles. The van der Waals surface area contributed by atoms with E-state index >= 15 is 0 Å². The molecule has 0 saturated heterocycles. The van der Waals surface area contributed by atoms with Crippen molar-refractivity contribution in [2.45, 2.75) is 19.4 Å². The van der Waals surface area contributed by atoms with Gasteiger partial charge in [-0.25, -0.2) is 14.4 Å². The first-order chi connectivity index (χ1) is 9.35. The molecule has 0 saturated carbocycles. The molecule has 2 aromatic rings. The van der Waals surface area contributed by atoms with Crippen LogP contribution in [0.4, 0.5) is 4.39 Å². The number of nitrogens with zero attached hydrogens (tertiary/aromatic N) is 2. The van der Waals surface area contributed by atoms with E-state index in [1.54, 1.807) is 33.1 Å². The minimum atomic E-state index is -0.715. The highest BCUT2D eigenvalue weighted by Crippen LogP contribution is 2.34. The average Bonchev–Trinajstić information content (AvgIpc) is 2.38. The van der Waals surface area contributed by atoms with Gasteiger partial charge in [0.2, 0.25) is 0 Å². The molecule has 6 heteroatoms. The Balaban J connectivity index is 2.58. The van der Waals surface area contributed by atoms with Crippen molar-refractivity contribution in [3.8, 4) is 11.1 Å². The standard InChI is InChI=1S/C14H13Cl2FN2O/c1-14(2,20-3)13-18-11(15)10(12(16)19-13)8-5-4-6-9(17)7-8/h4-7H,1-3H3. The highest BCUT2D eigenvalue weighted by Gasteiger charge is 2.26. The fourth-order valence-corrected chi connectivity index (χ4v) is 2.26. The lowest BCUT2D eigenvalue weighted by Gasteiger charge is -2.22. The van der Waals surface area contributed by atoms with E-state index in [-0.39, 0.29) is 16.1 Å². The maximum absolute atomic E-state index is 13.3. The van der Waals surface area contributed by atoms with Crippen molar-refractivity contribution in [1.29, 1.82) is 0 Å². The Morgan fingerprint density at radius 2 is 1.75 bits per heavy atom. The summed E-state index contributed by atoms with van der Waals surface area (Å²) in [5.74, 6) is -0.00826. The summed E-state index contributed by atoms with van der Waals surface area (Å²) in [4.78, 5) is 8.41. The van der Waals surface area contributed by atoms with Gasteiger partial charge in [0.1, 0.15) is 21.7 Å². The summed E-state index contributed by atoms with van der Waals surface area (Å²) in [7, 11) is 1.55. The van der Waals surface area contributed by atoms with Gasteiger partial charge in [-0.1, -0.05) is 35.3 Å². The number of rotatable bonds is 3. The molecule has 0 amide bonds. The third-order valence-corrected chi connectivity index (χ3v) is 3.53. The lowest BCUT2D eigenvalue weighted by atomic mass is 10.1. The van der Waals surface area contributed by atoms with Crippen molar-refractivity contribution in [2.24, 2.45) is 0 Å². The number of hydrogen-bond donors (Lipinski definition) is 0. The number of methoxy groups -OCH3 is 1. The maximum atomic E-state index is 13.3. The number of ether oxygens (including phenoxy) is 1. The molecule has 0 unspecified atom stereocenters. The van der Waals surface area contributed by atoms with E-state index < -0.39 is 5.60 Å². The van der Waals surface area contributed by atoms with E-state index in [1.807, 2.05) is 0 Å². The van der Waals surface area contributed by atoms with E-state index in [1.165, 1.54) is 12.1 Å². The predicted molar refractivity (Wildman–Crippen MR) is 77.5 cm³/mol. The first kappa shape index (κ1) is 15.2. The SMILES string of the molecule is COC(C)(C)c1nc(Cl)c(-c2cccc(F)c2)c(Cl)n1. The van der Waals surface area contributed by atoms with E-state index in [9.17, 15) is 4.39 Å². The summed E-state index contributed by atoms with van der Waals surface area (Å²) in [5, 5.41) is 0.325. The Morgan fingerprint density at radius 3 is 2.25 bits per heavy atom. The topological polar surface area (TPSA) is 35.0 Å². The number of halogens is 3. The number of benzene rings is 1. The number of hydrogen-bond acceptors (Lipinski definition) is 3. The van der Waals surface area contributed by atoms with Crippen LogP contribution in [0.15, 0.2) is 24.3 Å². The molecular formula is C14H13Cl2FN2O. The van der Waals surface area contributed by atoms with Crippen LogP contribution >= 0.6 is 23.2 Å². The van der Waals surface area contributed by atoms with Crippen molar-refractivity contribution in [3.63, 3.8) is 0 Å². The van der Waals surface area contributed by atoms with Gasteiger partial charge in [-0.2, -0.15) is 0 Å². The van der Waals surface area contributed by atoms with Crippen molar-refractivity contribution in [3.05, 3.63) is 46.2 Å². The summed E-state index contributed by atoms with van der Waals surface area (Å²) in [5.41, 5.74) is 0.221. The molecule has 1 aromatic heterocycles. The van der Waals surface area contributed by atoms with Crippen LogP contribution in [0.25, 0.3) is 11.1 Å². The van der Waals surface area contributed by atoms with Crippen molar-refractivity contribution in [1.82, 2.24) is 9.97 Å². The molecule has 1 aromatic carbocycles. The second-order valence-electron chi connectivity index (χ2n) is 4.73. The van der Waals surface area contributed by atoms with Crippen LogP contribution in [0.1, 0.15) is 19.7 Å².